The van der Waals surface area contributed by atoms with Crippen LogP contribution in [0.1, 0.15) is 24.7 Å². The number of nitrogens with zero attached hydrogens (tertiary/aromatic N) is 3. The van der Waals surface area contributed by atoms with E-state index in [4.69, 9.17) is 13.6 Å². The molecule has 26 heavy (non-hydrogen) atoms. The van der Waals surface area contributed by atoms with Gasteiger partial charge in [0.2, 0.25) is 5.89 Å². The number of para-hydroxylation sites is 1. The van der Waals surface area contributed by atoms with Crippen molar-refractivity contribution < 1.29 is 18.4 Å². The Hall–Kier alpha value is -3.09. The average molecular weight is 353 g/mol. The van der Waals surface area contributed by atoms with Gasteiger partial charge in [-0.3, -0.25) is 4.79 Å². The molecule has 1 aliphatic rings. The minimum atomic E-state index is -0.00546. The summed E-state index contributed by atoms with van der Waals surface area (Å²) in [5.74, 6) is 2.41. The quantitative estimate of drug-likeness (QED) is 0.701. The molecule has 7 nitrogen and oxygen atoms in total. The van der Waals surface area contributed by atoms with Crippen LogP contribution >= 0.6 is 0 Å². The first-order chi connectivity index (χ1) is 12.8. The van der Waals surface area contributed by atoms with Gasteiger partial charge in [-0.25, -0.2) is 0 Å². The number of hydrogen-bond acceptors (Lipinski definition) is 6. The third kappa shape index (κ3) is 3.61. The largest absolute Gasteiger partial charge is 0.484 e. The fourth-order valence-electron chi connectivity index (χ4n) is 3.03. The van der Waals surface area contributed by atoms with Crippen LogP contribution in [0.2, 0.25) is 0 Å². The second-order valence-corrected chi connectivity index (χ2v) is 6.18. The van der Waals surface area contributed by atoms with Gasteiger partial charge < -0.3 is 18.5 Å². The van der Waals surface area contributed by atoms with Crippen molar-refractivity contribution in [2.45, 2.75) is 18.8 Å². The zero-order chi connectivity index (χ0) is 17.8. The zero-order valence-electron chi connectivity index (χ0n) is 14.2. The number of piperidine rings is 1. The number of carbonyl (C=O) groups excluding carboxylic acids is 1. The van der Waals surface area contributed by atoms with Crippen LogP contribution in [0.3, 0.4) is 0 Å². The second-order valence-electron chi connectivity index (χ2n) is 6.18. The van der Waals surface area contributed by atoms with Gasteiger partial charge >= 0.3 is 0 Å². The zero-order valence-corrected chi connectivity index (χ0v) is 14.2. The van der Waals surface area contributed by atoms with Crippen LogP contribution in [0.5, 0.6) is 5.75 Å². The number of likely N-dealkylation sites (tertiary alicyclic amines) is 1. The molecule has 1 amide bonds. The van der Waals surface area contributed by atoms with Crippen LogP contribution < -0.4 is 4.74 Å². The highest BCUT2D eigenvalue weighted by molar-refractivity contribution is 5.77. The SMILES string of the molecule is O=C(COc1ccccc1)N1CCC(c2nnc(-c3ccco3)o2)CC1. The van der Waals surface area contributed by atoms with E-state index < -0.39 is 0 Å². The van der Waals surface area contributed by atoms with E-state index in [1.807, 2.05) is 35.2 Å². The van der Waals surface area contributed by atoms with Crippen molar-refractivity contribution in [2.24, 2.45) is 0 Å². The molecule has 134 valence electrons. The Labute approximate surface area is 150 Å². The van der Waals surface area contributed by atoms with Gasteiger partial charge in [0.05, 0.1) is 6.26 Å². The molecule has 0 spiro atoms. The van der Waals surface area contributed by atoms with E-state index in [2.05, 4.69) is 10.2 Å². The van der Waals surface area contributed by atoms with Crippen molar-refractivity contribution in [1.29, 1.82) is 0 Å². The number of rotatable bonds is 5. The van der Waals surface area contributed by atoms with Crippen LogP contribution in [0.25, 0.3) is 11.7 Å². The molecule has 0 N–H and O–H groups in total. The number of aromatic nitrogens is 2. The molecule has 4 rings (SSSR count). The van der Waals surface area contributed by atoms with Gasteiger partial charge in [0.25, 0.3) is 11.8 Å². The predicted octanol–water partition coefficient (Wildman–Crippen LogP) is 3.11. The minimum absolute atomic E-state index is 0.00546. The number of furan rings is 1. The van der Waals surface area contributed by atoms with Crippen molar-refractivity contribution in [3.05, 3.63) is 54.6 Å². The molecule has 1 fully saturated rings. The van der Waals surface area contributed by atoms with E-state index in [-0.39, 0.29) is 18.4 Å². The lowest BCUT2D eigenvalue weighted by Crippen LogP contribution is -2.40. The van der Waals surface area contributed by atoms with Crippen LogP contribution in [0.4, 0.5) is 0 Å². The van der Waals surface area contributed by atoms with E-state index in [1.165, 1.54) is 0 Å². The molecule has 2 aromatic heterocycles. The molecule has 7 heteroatoms. The Kier molecular flexibility index (Phi) is 4.68. The summed E-state index contributed by atoms with van der Waals surface area (Å²) >= 11 is 0. The Morgan fingerprint density at radius 3 is 2.65 bits per heavy atom. The topological polar surface area (TPSA) is 81.6 Å². The number of ether oxygens (including phenoxy) is 1. The smallest absolute Gasteiger partial charge is 0.283 e. The maximum Gasteiger partial charge on any atom is 0.283 e. The van der Waals surface area contributed by atoms with Gasteiger partial charge in [-0.1, -0.05) is 18.2 Å². The van der Waals surface area contributed by atoms with Gasteiger partial charge in [0.1, 0.15) is 5.75 Å². The van der Waals surface area contributed by atoms with Crippen molar-refractivity contribution in [2.75, 3.05) is 19.7 Å². The molecule has 0 atom stereocenters. The monoisotopic (exact) mass is 353 g/mol. The van der Waals surface area contributed by atoms with Crippen LogP contribution in [-0.4, -0.2) is 40.7 Å². The van der Waals surface area contributed by atoms with Crippen LogP contribution in [-0.2, 0) is 4.79 Å². The fraction of sp³-hybridized carbons (Fsp3) is 0.316. The molecule has 0 saturated carbocycles. The lowest BCUT2D eigenvalue weighted by molar-refractivity contribution is -0.134. The first-order valence-corrected chi connectivity index (χ1v) is 8.62. The molecule has 1 saturated heterocycles. The van der Waals surface area contributed by atoms with Crippen molar-refractivity contribution in [3.8, 4) is 17.4 Å². The molecular weight excluding hydrogens is 334 g/mol. The minimum Gasteiger partial charge on any atom is -0.484 e. The first-order valence-electron chi connectivity index (χ1n) is 8.62. The third-order valence-electron chi connectivity index (χ3n) is 4.48. The van der Waals surface area contributed by atoms with E-state index in [0.717, 1.165) is 12.8 Å². The first kappa shape index (κ1) is 16.4. The summed E-state index contributed by atoms with van der Waals surface area (Å²) < 4.78 is 16.5. The maximum absolute atomic E-state index is 12.3. The lowest BCUT2D eigenvalue weighted by Gasteiger charge is -2.30. The number of hydrogen-bond donors (Lipinski definition) is 0. The summed E-state index contributed by atoms with van der Waals surface area (Å²) in [5, 5.41) is 8.18. The van der Waals surface area contributed by atoms with Gasteiger partial charge in [0, 0.05) is 19.0 Å². The molecule has 0 unspecified atom stereocenters. The Bertz CT molecular complexity index is 837. The summed E-state index contributed by atoms with van der Waals surface area (Å²) in [5.41, 5.74) is 0. The van der Waals surface area contributed by atoms with Crippen molar-refractivity contribution >= 4 is 5.91 Å². The Morgan fingerprint density at radius 1 is 1.12 bits per heavy atom. The number of carbonyl (C=O) groups is 1. The van der Waals surface area contributed by atoms with Gasteiger partial charge in [-0.15, -0.1) is 10.2 Å². The van der Waals surface area contributed by atoms with Crippen molar-refractivity contribution in [1.82, 2.24) is 15.1 Å². The highest BCUT2D eigenvalue weighted by Gasteiger charge is 2.28. The molecule has 1 aliphatic heterocycles. The average Bonchev–Trinajstić information content (AvgIpc) is 3.38. The van der Waals surface area contributed by atoms with E-state index in [1.54, 1.807) is 18.4 Å². The highest BCUT2D eigenvalue weighted by Crippen LogP contribution is 2.29. The molecule has 0 aliphatic carbocycles. The summed E-state index contributed by atoms with van der Waals surface area (Å²) in [6.45, 7) is 1.36. The van der Waals surface area contributed by atoms with Gasteiger partial charge in [0.15, 0.2) is 12.4 Å². The fourth-order valence-corrected chi connectivity index (χ4v) is 3.03. The van der Waals surface area contributed by atoms with E-state index in [9.17, 15) is 4.79 Å². The van der Waals surface area contributed by atoms with Crippen LogP contribution in [0, 0.1) is 0 Å². The summed E-state index contributed by atoms with van der Waals surface area (Å²) in [6, 6.07) is 12.9. The van der Waals surface area contributed by atoms with Gasteiger partial charge in [-0.05, 0) is 37.1 Å². The predicted molar refractivity (Wildman–Crippen MR) is 92.5 cm³/mol. The third-order valence-corrected chi connectivity index (χ3v) is 4.48. The van der Waals surface area contributed by atoms with E-state index in [0.29, 0.717) is 36.4 Å². The molecule has 1 aromatic carbocycles. The molecule has 0 radical (unpaired) electrons. The Morgan fingerprint density at radius 2 is 1.92 bits per heavy atom. The molecule has 3 aromatic rings. The second kappa shape index (κ2) is 7.43. The van der Waals surface area contributed by atoms with E-state index >= 15 is 0 Å². The molecule has 0 bridgehead atoms. The standard InChI is InChI=1S/C19H19N3O4/c23-17(13-25-15-5-2-1-3-6-15)22-10-8-14(9-11-22)18-20-21-19(26-18)16-7-4-12-24-16/h1-7,12,14H,8-11,13H2. The number of benzene rings is 1. The normalized spacial score (nSPS) is 15.2. The maximum atomic E-state index is 12.3. The summed E-state index contributed by atoms with van der Waals surface area (Å²) in [4.78, 5) is 14.1. The summed E-state index contributed by atoms with van der Waals surface area (Å²) in [6.07, 6.45) is 3.15. The lowest BCUT2D eigenvalue weighted by atomic mass is 9.97. The van der Waals surface area contributed by atoms with Crippen LogP contribution in [0.15, 0.2) is 57.6 Å². The Balaban J connectivity index is 1.29. The summed E-state index contributed by atoms with van der Waals surface area (Å²) in [7, 11) is 0. The number of amides is 1. The molecule has 3 heterocycles. The highest BCUT2D eigenvalue weighted by atomic mass is 16.5. The van der Waals surface area contributed by atoms with Crippen molar-refractivity contribution in [3.63, 3.8) is 0 Å². The van der Waals surface area contributed by atoms with Gasteiger partial charge in [-0.2, -0.15) is 0 Å². The molecular formula is C19H19N3O4.